The molecule has 1 atom stereocenters. The number of aryl methyl sites for hydroxylation is 1. The molecule has 1 unspecified atom stereocenters. The van der Waals surface area contributed by atoms with E-state index < -0.39 is 0 Å². The van der Waals surface area contributed by atoms with Gasteiger partial charge in [0, 0.05) is 24.5 Å². The van der Waals surface area contributed by atoms with E-state index in [1.165, 1.54) is 5.56 Å². The van der Waals surface area contributed by atoms with E-state index in [4.69, 9.17) is 10.2 Å². The highest BCUT2D eigenvalue weighted by Crippen LogP contribution is 2.24. The van der Waals surface area contributed by atoms with E-state index in [-0.39, 0.29) is 11.9 Å². The van der Waals surface area contributed by atoms with Gasteiger partial charge in [0.15, 0.2) is 5.76 Å². The Hall–Kier alpha value is -1.81. The molecule has 4 nitrogen and oxygen atoms in total. The van der Waals surface area contributed by atoms with Crippen LogP contribution in [0.4, 0.5) is 0 Å². The minimum atomic E-state index is -0.00743. The Morgan fingerprint density at radius 2 is 2.05 bits per heavy atom. The van der Waals surface area contributed by atoms with Gasteiger partial charge in [-0.2, -0.15) is 0 Å². The van der Waals surface area contributed by atoms with Crippen molar-refractivity contribution in [1.82, 2.24) is 4.90 Å². The lowest BCUT2D eigenvalue weighted by Crippen LogP contribution is -2.42. The molecule has 3 rings (SSSR count). The summed E-state index contributed by atoms with van der Waals surface area (Å²) in [5.74, 6) is 0.953. The van der Waals surface area contributed by atoms with E-state index >= 15 is 0 Å². The molecule has 1 amide bonds. The Morgan fingerprint density at radius 1 is 1.33 bits per heavy atom. The third-order valence-corrected chi connectivity index (χ3v) is 4.45. The van der Waals surface area contributed by atoms with Gasteiger partial charge in [-0.25, -0.2) is 0 Å². The third kappa shape index (κ3) is 2.81. The molecule has 1 saturated heterocycles. The number of hydrogen-bond donors (Lipinski definition) is 1. The lowest BCUT2D eigenvalue weighted by Gasteiger charge is -2.33. The first-order valence-corrected chi connectivity index (χ1v) is 7.59. The van der Waals surface area contributed by atoms with Gasteiger partial charge >= 0.3 is 0 Å². The number of carbonyl (C=O) groups is 1. The normalized spacial score (nSPS) is 18.1. The summed E-state index contributed by atoms with van der Waals surface area (Å²) in [4.78, 5) is 14.4. The molecule has 0 bridgehead atoms. The smallest absolute Gasteiger partial charge is 0.289 e. The third-order valence-electron chi connectivity index (χ3n) is 4.45. The van der Waals surface area contributed by atoms with Crippen molar-refractivity contribution in [3.63, 3.8) is 0 Å². The van der Waals surface area contributed by atoms with Crippen molar-refractivity contribution in [3.05, 3.63) is 35.6 Å². The Balaban J connectivity index is 1.75. The number of hydrogen-bond acceptors (Lipinski definition) is 3. The topological polar surface area (TPSA) is 59.5 Å². The van der Waals surface area contributed by atoms with E-state index in [2.05, 4.69) is 0 Å². The number of carbonyl (C=O) groups excluding carboxylic acids is 1. The Labute approximate surface area is 124 Å². The van der Waals surface area contributed by atoms with Crippen molar-refractivity contribution in [2.45, 2.75) is 32.7 Å². The van der Waals surface area contributed by atoms with Gasteiger partial charge in [0.25, 0.3) is 5.91 Å². The van der Waals surface area contributed by atoms with Crippen LogP contribution in [0.2, 0.25) is 0 Å². The van der Waals surface area contributed by atoms with E-state index in [9.17, 15) is 4.79 Å². The summed E-state index contributed by atoms with van der Waals surface area (Å²) in [5.41, 5.74) is 7.88. The van der Waals surface area contributed by atoms with Crippen LogP contribution in [0, 0.1) is 12.8 Å². The molecule has 0 aliphatic carbocycles. The first kappa shape index (κ1) is 14.1. The van der Waals surface area contributed by atoms with Crippen LogP contribution in [0.15, 0.2) is 28.7 Å². The molecule has 112 valence electrons. The van der Waals surface area contributed by atoms with E-state index in [0.717, 1.165) is 36.9 Å². The molecule has 2 N–H and O–H groups in total. The fourth-order valence-corrected chi connectivity index (χ4v) is 3.05. The Kier molecular flexibility index (Phi) is 3.72. The molecule has 2 aromatic rings. The lowest BCUT2D eigenvalue weighted by atomic mass is 9.91. The number of likely N-dealkylation sites (tertiary alicyclic amines) is 1. The molecule has 21 heavy (non-hydrogen) atoms. The van der Waals surface area contributed by atoms with Crippen LogP contribution in [0.25, 0.3) is 11.0 Å². The molecule has 1 aromatic heterocycles. The first-order chi connectivity index (χ1) is 10.0. The van der Waals surface area contributed by atoms with Crippen LogP contribution in [-0.2, 0) is 0 Å². The maximum Gasteiger partial charge on any atom is 0.289 e. The average molecular weight is 286 g/mol. The Bertz CT molecular complexity index is 652. The maximum absolute atomic E-state index is 12.5. The zero-order valence-electron chi connectivity index (χ0n) is 12.6. The van der Waals surface area contributed by atoms with Crippen molar-refractivity contribution in [3.8, 4) is 0 Å². The lowest BCUT2D eigenvalue weighted by molar-refractivity contribution is 0.0651. The van der Waals surface area contributed by atoms with Crippen LogP contribution in [0.5, 0.6) is 0 Å². The first-order valence-electron chi connectivity index (χ1n) is 7.59. The second-order valence-electron chi connectivity index (χ2n) is 6.14. The zero-order valence-corrected chi connectivity index (χ0v) is 12.6. The standard InChI is InChI=1S/C17H22N2O2/c1-11-3-4-15-14(9-11)10-16(21-15)17(20)19-7-5-13(6-8-19)12(2)18/h3-4,9-10,12-13H,5-8,18H2,1-2H3. The summed E-state index contributed by atoms with van der Waals surface area (Å²) in [7, 11) is 0. The number of fused-ring (bicyclic) bond motifs is 1. The van der Waals surface area contributed by atoms with Gasteiger partial charge < -0.3 is 15.1 Å². The van der Waals surface area contributed by atoms with Crippen molar-refractivity contribution in [2.24, 2.45) is 11.7 Å². The highest BCUT2D eigenvalue weighted by molar-refractivity contribution is 5.96. The number of rotatable bonds is 2. The molecule has 1 aliphatic heterocycles. The molecule has 4 heteroatoms. The predicted octanol–water partition coefficient (Wildman–Crippen LogP) is 2.94. The fourth-order valence-electron chi connectivity index (χ4n) is 3.05. The molecular weight excluding hydrogens is 264 g/mol. The average Bonchev–Trinajstić information content (AvgIpc) is 2.89. The van der Waals surface area contributed by atoms with E-state index in [1.807, 2.05) is 43.0 Å². The molecule has 2 heterocycles. The molecule has 0 radical (unpaired) electrons. The minimum Gasteiger partial charge on any atom is -0.451 e. The summed E-state index contributed by atoms with van der Waals surface area (Å²) in [6.07, 6.45) is 1.95. The van der Waals surface area contributed by atoms with Crippen LogP contribution < -0.4 is 5.73 Å². The molecule has 1 aliphatic rings. The molecule has 0 saturated carbocycles. The van der Waals surface area contributed by atoms with Crippen molar-refractivity contribution in [2.75, 3.05) is 13.1 Å². The van der Waals surface area contributed by atoms with Crippen LogP contribution in [0.3, 0.4) is 0 Å². The number of nitrogens with zero attached hydrogens (tertiary/aromatic N) is 1. The highest BCUT2D eigenvalue weighted by Gasteiger charge is 2.27. The highest BCUT2D eigenvalue weighted by atomic mass is 16.3. The van der Waals surface area contributed by atoms with Crippen molar-refractivity contribution < 1.29 is 9.21 Å². The number of benzene rings is 1. The summed E-state index contributed by atoms with van der Waals surface area (Å²) in [6, 6.07) is 8.01. The van der Waals surface area contributed by atoms with Gasteiger partial charge in [-0.05, 0) is 50.8 Å². The van der Waals surface area contributed by atoms with Crippen molar-refractivity contribution in [1.29, 1.82) is 0 Å². The Morgan fingerprint density at radius 3 is 2.71 bits per heavy atom. The van der Waals surface area contributed by atoms with Gasteiger partial charge in [-0.1, -0.05) is 11.6 Å². The van der Waals surface area contributed by atoms with Gasteiger partial charge in [-0.3, -0.25) is 4.79 Å². The quantitative estimate of drug-likeness (QED) is 0.923. The predicted molar refractivity (Wildman–Crippen MR) is 83.2 cm³/mol. The van der Waals surface area contributed by atoms with Gasteiger partial charge in [-0.15, -0.1) is 0 Å². The van der Waals surface area contributed by atoms with E-state index in [1.54, 1.807) is 0 Å². The maximum atomic E-state index is 12.5. The second-order valence-corrected chi connectivity index (χ2v) is 6.14. The van der Waals surface area contributed by atoms with Crippen LogP contribution in [-0.4, -0.2) is 29.9 Å². The second kappa shape index (κ2) is 5.53. The zero-order chi connectivity index (χ0) is 15.0. The summed E-state index contributed by atoms with van der Waals surface area (Å²) in [6.45, 7) is 5.61. The van der Waals surface area contributed by atoms with E-state index in [0.29, 0.717) is 11.7 Å². The number of piperidine rings is 1. The minimum absolute atomic E-state index is 0.00743. The van der Waals surface area contributed by atoms with Gasteiger partial charge in [0.1, 0.15) is 5.58 Å². The SMILES string of the molecule is Cc1ccc2oc(C(=O)N3CCC(C(C)N)CC3)cc2c1. The number of nitrogens with two attached hydrogens (primary N) is 1. The molecule has 1 aromatic carbocycles. The van der Waals surface area contributed by atoms with Crippen molar-refractivity contribution >= 4 is 16.9 Å². The molecular formula is C17H22N2O2. The molecule has 0 spiro atoms. The number of amides is 1. The van der Waals surface area contributed by atoms with Gasteiger partial charge in [0.2, 0.25) is 0 Å². The summed E-state index contributed by atoms with van der Waals surface area (Å²) < 4.78 is 5.70. The fraction of sp³-hybridized carbons (Fsp3) is 0.471. The summed E-state index contributed by atoms with van der Waals surface area (Å²) in [5, 5.41) is 0.990. The number of furan rings is 1. The van der Waals surface area contributed by atoms with Crippen LogP contribution in [0.1, 0.15) is 35.9 Å². The monoisotopic (exact) mass is 286 g/mol. The van der Waals surface area contributed by atoms with Gasteiger partial charge in [0.05, 0.1) is 0 Å². The summed E-state index contributed by atoms with van der Waals surface area (Å²) >= 11 is 0. The largest absolute Gasteiger partial charge is 0.451 e. The van der Waals surface area contributed by atoms with Crippen LogP contribution >= 0.6 is 0 Å². The molecule has 1 fully saturated rings.